The molecule has 2 aliphatic heterocycles. The Morgan fingerprint density at radius 3 is 2.80 bits per heavy atom. The van der Waals surface area contributed by atoms with Gasteiger partial charge in [-0.2, -0.15) is 0 Å². The lowest BCUT2D eigenvalue weighted by Gasteiger charge is -2.28. The van der Waals surface area contributed by atoms with E-state index in [0.29, 0.717) is 5.92 Å². The molecule has 2 rings (SSSR count). The summed E-state index contributed by atoms with van der Waals surface area (Å²) in [5.74, 6) is 0.637. The average Bonchev–Trinajstić information content (AvgIpc) is 2.57. The zero-order chi connectivity index (χ0) is 11.1. The number of fused-ring (bicyclic) bond motifs is 1. The highest BCUT2D eigenvalue weighted by Gasteiger charge is 2.41. The standard InChI is InChI=1S/C11H20N2O2/c1-11(2,3)15-10(14)13-7-5-8-4-6-12-9(8)13/h8-9,12H,4-7H2,1-3H3. The van der Waals surface area contributed by atoms with Crippen LogP contribution in [0.3, 0.4) is 0 Å². The molecule has 2 saturated heterocycles. The first-order valence-corrected chi connectivity index (χ1v) is 5.70. The monoisotopic (exact) mass is 212 g/mol. The molecule has 2 atom stereocenters. The van der Waals surface area contributed by atoms with Gasteiger partial charge in [-0.15, -0.1) is 0 Å². The van der Waals surface area contributed by atoms with Gasteiger partial charge in [0.2, 0.25) is 0 Å². The first-order valence-electron chi connectivity index (χ1n) is 5.70. The Morgan fingerprint density at radius 1 is 1.40 bits per heavy atom. The van der Waals surface area contributed by atoms with Crippen molar-refractivity contribution in [2.24, 2.45) is 5.92 Å². The molecule has 0 spiro atoms. The van der Waals surface area contributed by atoms with Gasteiger partial charge in [0, 0.05) is 6.54 Å². The third kappa shape index (κ3) is 2.25. The van der Waals surface area contributed by atoms with Crippen LogP contribution >= 0.6 is 0 Å². The molecular weight excluding hydrogens is 192 g/mol. The molecule has 4 heteroatoms. The summed E-state index contributed by atoms with van der Waals surface area (Å²) in [6, 6.07) is 0. The third-order valence-corrected chi connectivity index (χ3v) is 3.02. The average molecular weight is 212 g/mol. The Kier molecular flexibility index (Phi) is 2.63. The van der Waals surface area contributed by atoms with Gasteiger partial charge in [-0.25, -0.2) is 4.79 Å². The van der Waals surface area contributed by atoms with Crippen molar-refractivity contribution in [2.75, 3.05) is 13.1 Å². The van der Waals surface area contributed by atoms with E-state index in [1.807, 2.05) is 25.7 Å². The Bertz CT molecular complexity index is 260. The summed E-state index contributed by atoms with van der Waals surface area (Å²) in [7, 11) is 0. The van der Waals surface area contributed by atoms with Crippen molar-refractivity contribution in [3.8, 4) is 0 Å². The molecule has 2 unspecified atom stereocenters. The number of nitrogens with zero attached hydrogens (tertiary/aromatic N) is 1. The van der Waals surface area contributed by atoms with Crippen LogP contribution in [-0.2, 0) is 4.74 Å². The van der Waals surface area contributed by atoms with Crippen molar-refractivity contribution in [2.45, 2.75) is 45.4 Å². The molecule has 2 fully saturated rings. The number of hydrogen-bond acceptors (Lipinski definition) is 3. The summed E-state index contributed by atoms with van der Waals surface area (Å²) in [5, 5.41) is 3.36. The molecule has 0 aromatic carbocycles. The topological polar surface area (TPSA) is 41.6 Å². The summed E-state index contributed by atoms with van der Waals surface area (Å²) >= 11 is 0. The van der Waals surface area contributed by atoms with Gasteiger partial charge in [0.25, 0.3) is 0 Å². The number of ether oxygens (including phenoxy) is 1. The van der Waals surface area contributed by atoms with Crippen LogP contribution in [0.15, 0.2) is 0 Å². The van der Waals surface area contributed by atoms with Gasteiger partial charge in [-0.05, 0) is 46.1 Å². The van der Waals surface area contributed by atoms with E-state index in [-0.39, 0.29) is 12.3 Å². The van der Waals surface area contributed by atoms with Gasteiger partial charge >= 0.3 is 6.09 Å². The number of rotatable bonds is 0. The summed E-state index contributed by atoms with van der Waals surface area (Å²) in [6.07, 6.45) is 2.34. The Balaban J connectivity index is 1.96. The van der Waals surface area contributed by atoms with Crippen LogP contribution in [0.4, 0.5) is 4.79 Å². The minimum absolute atomic E-state index is 0.176. The van der Waals surface area contributed by atoms with E-state index in [2.05, 4.69) is 5.32 Å². The first kappa shape index (κ1) is 10.7. The number of hydrogen-bond donors (Lipinski definition) is 1. The van der Waals surface area contributed by atoms with Crippen LogP contribution in [0.1, 0.15) is 33.6 Å². The maximum atomic E-state index is 11.9. The van der Waals surface area contributed by atoms with Crippen LogP contribution in [0.25, 0.3) is 0 Å². The van der Waals surface area contributed by atoms with Gasteiger partial charge in [-0.3, -0.25) is 10.2 Å². The van der Waals surface area contributed by atoms with Crippen molar-refractivity contribution in [3.05, 3.63) is 0 Å². The normalized spacial score (nSPS) is 30.5. The summed E-state index contributed by atoms with van der Waals surface area (Å²) in [5.41, 5.74) is -0.395. The minimum Gasteiger partial charge on any atom is -0.444 e. The highest BCUT2D eigenvalue weighted by Crippen LogP contribution is 2.30. The van der Waals surface area contributed by atoms with Crippen LogP contribution in [0.2, 0.25) is 0 Å². The fourth-order valence-corrected chi connectivity index (χ4v) is 2.38. The van der Waals surface area contributed by atoms with Gasteiger partial charge in [0.15, 0.2) is 0 Å². The maximum Gasteiger partial charge on any atom is 0.411 e. The molecule has 0 aliphatic carbocycles. The van der Waals surface area contributed by atoms with Crippen molar-refractivity contribution in [3.63, 3.8) is 0 Å². The number of carbonyl (C=O) groups excluding carboxylic acids is 1. The molecule has 86 valence electrons. The maximum absolute atomic E-state index is 11.9. The van der Waals surface area contributed by atoms with E-state index in [9.17, 15) is 4.79 Å². The lowest BCUT2D eigenvalue weighted by molar-refractivity contribution is 0.0201. The first-order chi connectivity index (χ1) is 6.97. The van der Waals surface area contributed by atoms with E-state index in [1.165, 1.54) is 6.42 Å². The molecule has 15 heavy (non-hydrogen) atoms. The van der Waals surface area contributed by atoms with Gasteiger partial charge < -0.3 is 4.74 Å². The van der Waals surface area contributed by atoms with Crippen LogP contribution in [-0.4, -0.2) is 35.8 Å². The second-order valence-electron chi connectivity index (χ2n) is 5.41. The molecule has 2 heterocycles. The number of amides is 1. The van der Waals surface area contributed by atoms with Crippen molar-refractivity contribution in [1.82, 2.24) is 10.2 Å². The highest BCUT2D eigenvalue weighted by molar-refractivity contribution is 5.69. The van der Waals surface area contributed by atoms with Gasteiger partial charge in [-0.1, -0.05) is 0 Å². The van der Waals surface area contributed by atoms with E-state index >= 15 is 0 Å². The molecule has 1 N–H and O–H groups in total. The third-order valence-electron chi connectivity index (χ3n) is 3.02. The number of nitrogens with one attached hydrogen (secondary N) is 1. The fourth-order valence-electron chi connectivity index (χ4n) is 2.38. The van der Waals surface area contributed by atoms with Crippen molar-refractivity contribution in [1.29, 1.82) is 0 Å². The molecule has 0 aromatic heterocycles. The Labute approximate surface area is 91.0 Å². The molecule has 1 amide bonds. The van der Waals surface area contributed by atoms with Crippen LogP contribution in [0.5, 0.6) is 0 Å². The Hall–Kier alpha value is -0.770. The zero-order valence-corrected chi connectivity index (χ0v) is 9.75. The fraction of sp³-hybridized carbons (Fsp3) is 0.909. The molecular formula is C11H20N2O2. The predicted octanol–water partition coefficient (Wildman–Crippen LogP) is 1.56. The quantitative estimate of drug-likeness (QED) is 0.662. The predicted molar refractivity (Wildman–Crippen MR) is 57.5 cm³/mol. The van der Waals surface area contributed by atoms with Crippen LogP contribution < -0.4 is 5.32 Å². The second kappa shape index (κ2) is 3.67. The number of likely N-dealkylation sites (tertiary alicyclic amines) is 1. The van der Waals surface area contributed by atoms with Crippen molar-refractivity contribution >= 4 is 6.09 Å². The van der Waals surface area contributed by atoms with E-state index in [0.717, 1.165) is 19.5 Å². The summed E-state index contributed by atoms with van der Waals surface area (Å²) in [6.45, 7) is 7.56. The minimum atomic E-state index is -0.395. The zero-order valence-electron chi connectivity index (χ0n) is 9.75. The summed E-state index contributed by atoms with van der Waals surface area (Å²) < 4.78 is 5.38. The van der Waals surface area contributed by atoms with Crippen molar-refractivity contribution < 1.29 is 9.53 Å². The smallest absolute Gasteiger partial charge is 0.411 e. The largest absolute Gasteiger partial charge is 0.444 e. The van der Waals surface area contributed by atoms with Gasteiger partial charge in [0.05, 0.1) is 6.17 Å². The molecule has 0 radical (unpaired) electrons. The SMILES string of the molecule is CC(C)(C)OC(=O)N1CCC2CCNC21. The molecule has 0 aromatic rings. The lowest BCUT2D eigenvalue weighted by atomic mass is 10.1. The molecule has 4 nitrogen and oxygen atoms in total. The molecule has 0 saturated carbocycles. The van der Waals surface area contributed by atoms with E-state index in [4.69, 9.17) is 4.74 Å². The van der Waals surface area contributed by atoms with E-state index < -0.39 is 5.60 Å². The van der Waals surface area contributed by atoms with E-state index in [1.54, 1.807) is 0 Å². The number of carbonyl (C=O) groups is 1. The molecule has 0 bridgehead atoms. The Morgan fingerprint density at radius 2 is 2.13 bits per heavy atom. The molecule has 2 aliphatic rings. The second-order valence-corrected chi connectivity index (χ2v) is 5.41. The highest BCUT2D eigenvalue weighted by atomic mass is 16.6. The lowest BCUT2D eigenvalue weighted by Crippen LogP contribution is -2.45. The summed E-state index contributed by atoms with van der Waals surface area (Å²) in [4.78, 5) is 13.7. The van der Waals surface area contributed by atoms with Crippen LogP contribution in [0, 0.1) is 5.92 Å². The van der Waals surface area contributed by atoms with Gasteiger partial charge in [0.1, 0.15) is 5.60 Å².